The number of nitrogens with zero attached hydrogens (tertiary/aromatic N) is 3. The van der Waals surface area contributed by atoms with E-state index in [9.17, 15) is 4.79 Å². The molecule has 1 heterocycles. The number of rotatable bonds is 7. The molecule has 0 bridgehead atoms. The Morgan fingerprint density at radius 2 is 1.74 bits per heavy atom. The lowest BCUT2D eigenvalue weighted by molar-refractivity contribution is -0.115. The first kappa shape index (κ1) is 18.8. The number of thioether (sulfide) groups is 1. The highest BCUT2D eigenvalue weighted by Crippen LogP contribution is 2.30. The first-order chi connectivity index (χ1) is 13.1. The van der Waals surface area contributed by atoms with E-state index in [2.05, 4.69) is 15.5 Å². The predicted molar refractivity (Wildman–Crippen MR) is 105 cm³/mol. The fourth-order valence-corrected chi connectivity index (χ4v) is 3.33. The maximum absolute atomic E-state index is 12.6. The summed E-state index contributed by atoms with van der Waals surface area (Å²) in [6.07, 6.45) is 1.60. The molecule has 3 rings (SSSR count). The SMILES string of the molecule is COc1ccccc1NC(=O)[C@H](C)Sc1nncn1-c1ccccc1OC. The zero-order valence-electron chi connectivity index (χ0n) is 15.2. The van der Waals surface area contributed by atoms with E-state index >= 15 is 0 Å². The van der Waals surface area contributed by atoms with E-state index < -0.39 is 5.25 Å². The highest BCUT2D eigenvalue weighted by atomic mass is 32.2. The van der Waals surface area contributed by atoms with Crippen molar-refractivity contribution >= 4 is 23.4 Å². The minimum Gasteiger partial charge on any atom is -0.495 e. The summed E-state index contributed by atoms with van der Waals surface area (Å²) >= 11 is 1.31. The molecule has 0 unspecified atom stereocenters. The van der Waals surface area contributed by atoms with Gasteiger partial charge in [-0.05, 0) is 31.2 Å². The minimum absolute atomic E-state index is 0.154. The summed E-state index contributed by atoms with van der Waals surface area (Å²) in [5.41, 5.74) is 1.44. The van der Waals surface area contributed by atoms with Crippen molar-refractivity contribution in [3.8, 4) is 17.2 Å². The van der Waals surface area contributed by atoms with Crippen LogP contribution in [0.4, 0.5) is 5.69 Å². The highest BCUT2D eigenvalue weighted by Gasteiger charge is 2.20. The van der Waals surface area contributed by atoms with E-state index in [0.717, 1.165) is 5.69 Å². The third-order valence-electron chi connectivity index (χ3n) is 3.88. The summed E-state index contributed by atoms with van der Waals surface area (Å²) in [5, 5.41) is 11.2. The van der Waals surface area contributed by atoms with Gasteiger partial charge in [-0.2, -0.15) is 0 Å². The van der Waals surface area contributed by atoms with Gasteiger partial charge in [0.1, 0.15) is 17.8 Å². The second-order valence-electron chi connectivity index (χ2n) is 5.60. The third kappa shape index (κ3) is 4.22. The molecule has 1 amide bonds. The number of para-hydroxylation sites is 4. The number of ether oxygens (including phenoxy) is 2. The molecule has 1 N–H and O–H groups in total. The van der Waals surface area contributed by atoms with Crippen LogP contribution in [0.15, 0.2) is 60.0 Å². The van der Waals surface area contributed by atoms with Gasteiger partial charge in [0.2, 0.25) is 5.91 Å². The Labute approximate surface area is 161 Å². The topological polar surface area (TPSA) is 78.3 Å². The third-order valence-corrected chi connectivity index (χ3v) is 4.93. The Bertz CT molecular complexity index is 929. The number of anilines is 1. The molecule has 8 heteroatoms. The Kier molecular flexibility index (Phi) is 5.97. The predicted octanol–water partition coefficient (Wildman–Crippen LogP) is 3.40. The van der Waals surface area contributed by atoms with Gasteiger partial charge < -0.3 is 14.8 Å². The number of nitrogens with one attached hydrogen (secondary N) is 1. The molecule has 3 aromatic rings. The van der Waals surface area contributed by atoms with Crippen LogP contribution in [0, 0.1) is 0 Å². The van der Waals surface area contributed by atoms with Crippen LogP contribution in [-0.2, 0) is 4.79 Å². The molecule has 0 saturated carbocycles. The summed E-state index contributed by atoms with van der Waals surface area (Å²) in [6, 6.07) is 14.9. The Hall–Kier alpha value is -3.00. The van der Waals surface area contributed by atoms with E-state index in [4.69, 9.17) is 9.47 Å². The zero-order valence-corrected chi connectivity index (χ0v) is 16.1. The van der Waals surface area contributed by atoms with E-state index in [0.29, 0.717) is 22.3 Å². The molecular weight excluding hydrogens is 364 g/mol. The zero-order chi connectivity index (χ0) is 19.2. The molecule has 27 heavy (non-hydrogen) atoms. The van der Waals surface area contributed by atoms with Gasteiger partial charge in [-0.15, -0.1) is 10.2 Å². The number of hydrogen-bond donors (Lipinski definition) is 1. The lowest BCUT2D eigenvalue weighted by Crippen LogP contribution is -2.23. The molecule has 0 aliphatic carbocycles. The van der Waals surface area contributed by atoms with Gasteiger partial charge in [0.25, 0.3) is 0 Å². The number of aromatic nitrogens is 3. The fraction of sp³-hybridized carbons (Fsp3) is 0.211. The first-order valence-electron chi connectivity index (χ1n) is 8.28. The average molecular weight is 384 g/mol. The van der Waals surface area contributed by atoms with Crippen LogP contribution in [-0.4, -0.2) is 40.1 Å². The summed E-state index contributed by atoms with van der Waals surface area (Å²) in [6.45, 7) is 1.82. The van der Waals surface area contributed by atoms with Gasteiger partial charge in [-0.25, -0.2) is 0 Å². The van der Waals surface area contributed by atoms with Crippen molar-refractivity contribution in [2.24, 2.45) is 0 Å². The first-order valence-corrected chi connectivity index (χ1v) is 9.16. The van der Waals surface area contributed by atoms with Gasteiger partial charge in [-0.1, -0.05) is 36.0 Å². The Morgan fingerprint density at radius 1 is 1.07 bits per heavy atom. The molecule has 0 aliphatic rings. The van der Waals surface area contributed by atoms with Crippen LogP contribution < -0.4 is 14.8 Å². The number of benzene rings is 2. The van der Waals surface area contributed by atoms with Gasteiger partial charge in [0.15, 0.2) is 5.16 Å². The van der Waals surface area contributed by atoms with Gasteiger partial charge in [0.05, 0.1) is 30.8 Å². The summed E-state index contributed by atoms with van der Waals surface area (Å²) in [7, 11) is 3.18. The molecule has 0 radical (unpaired) electrons. The van der Waals surface area contributed by atoms with Crippen LogP contribution >= 0.6 is 11.8 Å². The molecule has 0 spiro atoms. The summed E-state index contributed by atoms with van der Waals surface area (Å²) < 4.78 is 12.5. The van der Waals surface area contributed by atoms with Crippen LogP contribution in [0.2, 0.25) is 0 Å². The minimum atomic E-state index is -0.396. The smallest absolute Gasteiger partial charge is 0.237 e. The van der Waals surface area contributed by atoms with Crippen molar-refractivity contribution < 1.29 is 14.3 Å². The highest BCUT2D eigenvalue weighted by molar-refractivity contribution is 8.00. The van der Waals surface area contributed by atoms with E-state index in [-0.39, 0.29) is 5.91 Å². The normalized spacial score (nSPS) is 11.7. The van der Waals surface area contributed by atoms with Gasteiger partial charge in [0, 0.05) is 0 Å². The van der Waals surface area contributed by atoms with Crippen LogP contribution in [0.1, 0.15) is 6.92 Å². The number of hydrogen-bond acceptors (Lipinski definition) is 6. The molecule has 2 aromatic carbocycles. The van der Waals surface area contributed by atoms with Crippen LogP contribution in [0.5, 0.6) is 11.5 Å². The maximum atomic E-state index is 12.6. The largest absolute Gasteiger partial charge is 0.495 e. The lowest BCUT2D eigenvalue weighted by atomic mass is 10.3. The molecule has 0 aliphatic heterocycles. The van der Waals surface area contributed by atoms with Gasteiger partial charge in [-0.3, -0.25) is 9.36 Å². The number of methoxy groups -OCH3 is 2. The number of carbonyl (C=O) groups excluding carboxylic acids is 1. The number of amides is 1. The van der Waals surface area contributed by atoms with Crippen LogP contribution in [0.3, 0.4) is 0 Å². The second-order valence-corrected chi connectivity index (χ2v) is 6.91. The molecule has 1 atom stereocenters. The van der Waals surface area contributed by atoms with Crippen molar-refractivity contribution in [3.63, 3.8) is 0 Å². The van der Waals surface area contributed by atoms with E-state index in [1.807, 2.05) is 43.3 Å². The number of carbonyl (C=O) groups is 1. The molecule has 1 aromatic heterocycles. The molecule has 7 nitrogen and oxygen atoms in total. The average Bonchev–Trinajstić information content (AvgIpc) is 3.16. The van der Waals surface area contributed by atoms with Crippen molar-refractivity contribution in [2.75, 3.05) is 19.5 Å². The quantitative estimate of drug-likeness (QED) is 0.629. The lowest BCUT2D eigenvalue weighted by Gasteiger charge is -2.15. The summed E-state index contributed by atoms with van der Waals surface area (Å²) in [5.74, 6) is 1.16. The van der Waals surface area contributed by atoms with E-state index in [1.54, 1.807) is 37.2 Å². The second kappa shape index (κ2) is 8.59. The monoisotopic (exact) mass is 384 g/mol. The molecule has 0 fully saturated rings. The Morgan fingerprint density at radius 3 is 2.48 bits per heavy atom. The van der Waals surface area contributed by atoms with Crippen molar-refractivity contribution in [1.29, 1.82) is 0 Å². The Balaban J connectivity index is 1.76. The van der Waals surface area contributed by atoms with Crippen molar-refractivity contribution in [2.45, 2.75) is 17.3 Å². The molecule has 0 saturated heterocycles. The van der Waals surface area contributed by atoms with Crippen molar-refractivity contribution in [3.05, 3.63) is 54.9 Å². The fourth-order valence-electron chi connectivity index (χ4n) is 2.49. The van der Waals surface area contributed by atoms with Gasteiger partial charge >= 0.3 is 0 Å². The van der Waals surface area contributed by atoms with Crippen LogP contribution in [0.25, 0.3) is 5.69 Å². The standard InChI is InChI=1S/C19H20N4O3S/c1-13(18(24)21-14-8-4-6-10-16(14)25-2)27-19-22-20-12-23(19)15-9-5-7-11-17(15)26-3/h4-13H,1-3H3,(H,21,24)/t13-/m0/s1. The molecular formula is C19H20N4O3S. The maximum Gasteiger partial charge on any atom is 0.237 e. The summed E-state index contributed by atoms with van der Waals surface area (Å²) in [4.78, 5) is 12.6. The van der Waals surface area contributed by atoms with E-state index in [1.165, 1.54) is 11.8 Å². The van der Waals surface area contributed by atoms with Crippen molar-refractivity contribution in [1.82, 2.24) is 14.8 Å². The molecule has 140 valence electrons.